The molecule has 0 unspecified atom stereocenters. The fourth-order valence-electron chi connectivity index (χ4n) is 4.70. The molecule has 0 aliphatic carbocycles. The fraction of sp³-hybridized carbons (Fsp3) is 0.393. The van der Waals surface area contributed by atoms with E-state index in [0.29, 0.717) is 17.4 Å². The summed E-state index contributed by atoms with van der Waals surface area (Å²) in [6.45, 7) is 11.3. The average molecular weight is 486 g/mol. The number of anilines is 2. The summed E-state index contributed by atoms with van der Waals surface area (Å²) >= 11 is 0. The lowest BCUT2D eigenvalue weighted by atomic mass is 9.87. The highest BCUT2D eigenvalue weighted by molar-refractivity contribution is 5.99. The number of piperazine rings is 1. The molecular weight excluding hydrogens is 450 g/mol. The summed E-state index contributed by atoms with van der Waals surface area (Å²) in [5, 5.41) is 5.33. The normalized spacial score (nSPS) is 15.0. The molecule has 1 aliphatic heterocycles. The zero-order valence-corrected chi connectivity index (χ0v) is 21.8. The maximum absolute atomic E-state index is 6.37. The third kappa shape index (κ3) is 4.73. The quantitative estimate of drug-likeness (QED) is 0.452. The number of benzene rings is 2. The van der Waals surface area contributed by atoms with Crippen LogP contribution in [0.4, 0.5) is 11.8 Å². The van der Waals surface area contributed by atoms with E-state index in [1.54, 1.807) is 11.8 Å². The molecular formula is C28H35N7O. The molecule has 2 aromatic heterocycles. The smallest absolute Gasteiger partial charge is 0.228 e. The Morgan fingerprint density at radius 1 is 0.972 bits per heavy atom. The molecule has 0 bridgehead atoms. The second-order valence-corrected chi connectivity index (χ2v) is 10.5. The van der Waals surface area contributed by atoms with Gasteiger partial charge in [0.1, 0.15) is 11.6 Å². The minimum absolute atomic E-state index is 0.174. The summed E-state index contributed by atoms with van der Waals surface area (Å²) in [5.41, 5.74) is 11.6. The lowest BCUT2D eigenvalue weighted by Gasteiger charge is -2.35. The average Bonchev–Trinajstić information content (AvgIpc) is 3.17. The monoisotopic (exact) mass is 485 g/mol. The highest BCUT2D eigenvalue weighted by Crippen LogP contribution is 2.33. The Morgan fingerprint density at radius 2 is 1.69 bits per heavy atom. The molecule has 2 aromatic carbocycles. The number of rotatable bonds is 5. The summed E-state index contributed by atoms with van der Waals surface area (Å²) in [6.07, 6.45) is 0. The van der Waals surface area contributed by atoms with Crippen LogP contribution < -0.4 is 15.4 Å². The van der Waals surface area contributed by atoms with Crippen LogP contribution in [0.3, 0.4) is 0 Å². The lowest BCUT2D eigenvalue weighted by molar-refractivity contribution is 0.248. The Balaban J connectivity index is 1.36. The number of aryl methyl sites for hydroxylation is 1. The number of hydrogen-bond donors (Lipinski definition) is 1. The first kappa shape index (κ1) is 24.1. The van der Waals surface area contributed by atoms with Crippen LogP contribution >= 0.6 is 0 Å². The first-order valence-electron chi connectivity index (χ1n) is 12.4. The summed E-state index contributed by atoms with van der Waals surface area (Å²) in [7, 11) is 3.50. The Morgan fingerprint density at radius 3 is 2.36 bits per heavy atom. The molecule has 188 valence electrons. The Labute approximate surface area is 212 Å². The van der Waals surface area contributed by atoms with E-state index in [4.69, 9.17) is 20.4 Å². The largest absolute Gasteiger partial charge is 0.497 e. The summed E-state index contributed by atoms with van der Waals surface area (Å²) < 4.78 is 7.10. The zero-order chi connectivity index (χ0) is 25.4. The summed E-state index contributed by atoms with van der Waals surface area (Å²) in [5.74, 6) is 2.01. The van der Waals surface area contributed by atoms with E-state index in [1.807, 2.05) is 31.3 Å². The van der Waals surface area contributed by atoms with Crippen molar-refractivity contribution in [2.24, 2.45) is 7.05 Å². The van der Waals surface area contributed by atoms with Crippen LogP contribution in [-0.2, 0) is 19.0 Å². The minimum Gasteiger partial charge on any atom is -0.497 e. The zero-order valence-electron chi connectivity index (χ0n) is 21.8. The van der Waals surface area contributed by atoms with Gasteiger partial charge in [0.2, 0.25) is 5.95 Å². The molecule has 1 aliphatic rings. The van der Waals surface area contributed by atoms with Crippen LogP contribution in [0.2, 0.25) is 0 Å². The van der Waals surface area contributed by atoms with E-state index in [-0.39, 0.29) is 5.41 Å². The van der Waals surface area contributed by atoms with E-state index in [2.05, 4.69) is 59.9 Å². The van der Waals surface area contributed by atoms with Gasteiger partial charge in [0.15, 0.2) is 5.65 Å². The topological polar surface area (TPSA) is 85.3 Å². The van der Waals surface area contributed by atoms with Crippen molar-refractivity contribution in [2.75, 3.05) is 43.9 Å². The second-order valence-electron chi connectivity index (χ2n) is 10.5. The van der Waals surface area contributed by atoms with Crippen LogP contribution in [0.1, 0.15) is 31.9 Å². The van der Waals surface area contributed by atoms with E-state index in [0.717, 1.165) is 55.1 Å². The molecule has 1 saturated heterocycles. The number of hydrogen-bond acceptors (Lipinski definition) is 7. The lowest BCUT2D eigenvalue weighted by Crippen LogP contribution is -2.46. The van der Waals surface area contributed by atoms with Gasteiger partial charge < -0.3 is 15.4 Å². The maximum Gasteiger partial charge on any atom is 0.228 e. The van der Waals surface area contributed by atoms with Crippen LogP contribution in [0.25, 0.3) is 22.3 Å². The second kappa shape index (κ2) is 9.43. The van der Waals surface area contributed by atoms with Crippen molar-refractivity contribution >= 4 is 22.8 Å². The molecule has 2 N–H and O–H groups in total. The van der Waals surface area contributed by atoms with E-state index < -0.39 is 0 Å². The molecule has 36 heavy (non-hydrogen) atoms. The molecule has 8 nitrogen and oxygen atoms in total. The molecule has 0 atom stereocenters. The van der Waals surface area contributed by atoms with Gasteiger partial charge in [0, 0.05) is 45.3 Å². The van der Waals surface area contributed by atoms with Crippen molar-refractivity contribution in [3.8, 4) is 17.0 Å². The standard InChI is InChI=1S/C28H35N7O/c1-28(2,3)21-11-9-19(10-12-21)18-34-13-15-35(16-14-34)27-30-24(20-7-6-8-22(17-20)36-5)23-25(29)33(4)32-26(23)31-27/h6-12,17H,13-16,18,29H2,1-5H3. The predicted octanol–water partition coefficient (Wildman–Crippen LogP) is 4.24. The third-order valence-corrected chi connectivity index (χ3v) is 6.95. The number of fused-ring (bicyclic) bond motifs is 1. The highest BCUT2D eigenvalue weighted by Gasteiger charge is 2.23. The Kier molecular flexibility index (Phi) is 6.30. The van der Waals surface area contributed by atoms with Crippen molar-refractivity contribution < 1.29 is 4.74 Å². The minimum atomic E-state index is 0.174. The number of nitrogen functional groups attached to an aromatic ring is 1. The van der Waals surface area contributed by atoms with Gasteiger partial charge in [0.05, 0.1) is 18.2 Å². The summed E-state index contributed by atoms with van der Waals surface area (Å²) in [6, 6.07) is 16.9. The van der Waals surface area contributed by atoms with Gasteiger partial charge in [-0.25, -0.2) is 4.98 Å². The molecule has 0 spiro atoms. The summed E-state index contributed by atoms with van der Waals surface area (Å²) in [4.78, 5) is 14.5. The van der Waals surface area contributed by atoms with E-state index in [9.17, 15) is 0 Å². The van der Waals surface area contributed by atoms with Crippen LogP contribution in [0, 0.1) is 0 Å². The van der Waals surface area contributed by atoms with Crippen LogP contribution in [0.5, 0.6) is 5.75 Å². The van der Waals surface area contributed by atoms with E-state index in [1.165, 1.54) is 11.1 Å². The molecule has 5 rings (SSSR count). The Bertz CT molecular complexity index is 1360. The van der Waals surface area contributed by atoms with Crippen molar-refractivity contribution in [1.29, 1.82) is 0 Å². The molecule has 8 heteroatoms. The highest BCUT2D eigenvalue weighted by atomic mass is 16.5. The van der Waals surface area contributed by atoms with Crippen molar-refractivity contribution in [2.45, 2.75) is 32.7 Å². The number of aromatic nitrogens is 4. The first-order chi connectivity index (χ1) is 17.2. The molecule has 0 saturated carbocycles. The van der Waals surface area contributed by atoms with Gasteiger partial charge in [-0.05, 0) is 28.7 Å². The first-order valence-corrected chi connectivity index (χ1v) is 12.4. The maximum atomic E-state index is 6.37. The number of methoxy groups -OCH3 is 1. The number of nitrogens with zero attached hydrogens (tertiary/aromatic N) is 6. The van der Waals surface area contributed by atoms with Crippen molar-refractivity contribution in [3.63, 3.8) is 0 Å². The molecule has 0 radical (unpaired) electrons. The van der Waals surface area contributed by atoms with Gasteiger partial charge in [-0.15, -0.1) is 0 Å². The molecule has 1 fully saturated rings. The molecule has 0 amide bonds. The third-order valence-electron chi connectivity index (χ3n) is 6.95. The van der Waals surface area contributed by atoms with Crippen LogP contribution in [0.15, 0.2) is 48.5 Å². The van der Waals surface area contributed by atoms with Crippen LogP contribution in [-0.4, -0.2) is 57.9 Å². The van der Waals surface area contributed by atoms with Gasteiger partial charge in [0.25, 0.3) is 0 Å². The Hall–Kier alpha value is -3.65. The number of ether oxygens (including phenoxy) is 1. The number of nitrogens with two attached hydrogens (primary N) is 1. The van der Waals surface area contributed by atoms with Crippen molar-refractivity contribution in [3.05, 3.63) is 59.7 Å². The van der Waals surface area contributed by atoms with Gasteiger partial charge >= 0.3 is 0 Å². The fourth-order valence-corrected chi connectivity index (χ4v) is 4.70. The van der Waals surface area contributed by atoms with Gasteiger partial charge in [-0.2, -0.15) is 10.1 Å². The van der Waals surface area contributed by atoms with Crippen molar-refractivity contribution in [1.82, 2.24) is 24.6 Å². The van der Waals surface area contributed by atoms with Gasteiger partial charge in [-0.1, -0.05) is 57.2 Å². The predicted molar refractivity (Wildman–Crippen MR) is 145 cm³/mol. The van der Waals surface area contributed by atoms with Gasteiger partial charge in [-0.3, -0.25) is 9.58 Å². The SMILES string of the molecule is COc1cccc(-c2nc(N3CCN(Cc4ccc(C(C)(C)C)cc4)CC3)nc3nn(C)c(N)c23)c1. The molecule has 3 heterocycles. The molecule has 4 aromatic rings. The van der Waals surface area contributed by atoms with E-state index >= 15 is 0 Å².